The molecule has 4 N–H and O–H groups in total. The van der Waals surface area contributed by atoms with Crippen molar-refractivity contribution >= 4 is 47.2 Å². The van der Waals surface area contributed by atoms with E-state index in [0.717, 1.165) is 29.7 Å². The Kier molecular flexibility index (Phi) is 11.2. The number of anilines is 1. The van der Waals surface area contributed by atoms with Crippen molar-refractivity contribution in [2.45, 2.75) is 63.5 Å². The minimum absolute atomic E-state index is 0.00885. The number of ether oxygens (including phenoxy) is 1. The summed E-state index contributed by atoms with van der Waals surface area (Å²) in [5.74, 6) is -0.992. The summed E-state index contributed by atoms with van der Waals surface area (Å²) in [6.45, 7) is 1.99. The van der Waals surface area contributed by atoms with Gasteiger partial charge in [-0.05, 0) is 86.1 Å². The highest BCUT2D eigenvalue weighted by molar-refractivity contribution is 6.24. The van der Waals surface area contributed by atoms with Crippen LogP contribution in [-0.2, 0) is 25.6 Å². The van der Waals surface area contributed by atoms with Gasteiger partial charge in [-0.1, -0.05) is 30.3 Å². The topological polar surface area (TPSA) is 206 Å². The number of likely N-dealkylation sites (tertiary alicyclic amines) is 1. The van der Waals surface area contributed by atoms with Crippen LogP contribution in [0.5, 0.6) is 11.5 Å². The van der Waals surface area contributed by atoms with Gasteiger partial charge in [0.05, 0.1) is 17.2 Å². The zero-order chi connectivity index (χ0) is 42.1. The van der Waals surface area contributed by atoms with Crippen molar-refractivity contribution in [3.05, 3.63) is 95.1 Å². The maximum absolute atomic E-state index is 13.4. The molecule has 2 fully saturated rings. The van der Waals surface area contributed by atoms with E-state index in [1.807, 2.05) is 64.2 Å². The fourth-order valence-corrected chi connectivity index (χ4v) is 8.79. The SMILES string of the molecule is CN(CCC(=O)N1CCC([C@@H]2CCNc3c(C(N)=O)c(-c4ccc(Oc5ccccc5)cc4)nn32)CC1)C(=O)CCc1cccc2c1C(=O)N(C1CCC(=O)NC1=O)C2=O. The van der Waals surface area contributed by atoms with E-state index in [9.17, 15) is 33.6 Å². The molecule has 16 heteroatoms. The number of nitrogens with zero attached hydrogens (tertiary/aromatic N) is 5. The maximum atomic E-state index is 13.4. The molecule has 60 heavy (non-hydrogen) atoms. The van der Waals surface area contributed by atoms with Gasteiger partial charge in [0.2, 0.25) is 23.6 Å². The lowest BCUT2D eigenvalue weighted by Crippen LogP contribution is -2.54. The number of fused-ring (bicyclic) bond motifs is 2. The van der Waals surface area contributed by atoms with Gasteiger partial charge in [0.25, 0.3) is 17.7 Å². The van der Waals surface area contributed by atoms with Crippen molar-refractivity contribution < 1.29 is 38.3 Å². The van der Waals surface area contributed by atoms with Crippen molar-refractivity contribution in [3.63, 3.8) is 0 Å². The predicted octanol–water partition coefficient (Wildman–Crippen LogP) is 3.92. The molecule has 0 aliphatic carbocycles. The van der Waals surface area contributed by atoms with Crippen molar-refractivity contribution in [1.29, 1.82) is 0 Å². The van der Waals surface area contributed by atoms with Gasteiger partial charge in [-0.25, -0.2) is 4.68 Å². The normalized spacial score (nSPS) is 19.0. The summed E-state index contributed by atoms with van der Waals surface area (Å²) in [5, 5.41) is 10.5. The number of benzene rings is 3. The summed E-state index contributed by atoms with van der Waals surface area (Å²) in [7, 11) is 1.64. The number of hydrogen-bond donors (Lipinski definition) is 3. The van der Waals surface area contributed by atoms with Gasteiger partial charge in [-0.15, -0.1) is 0 Å². The molecule has 0 saturated carbocycles. The molecule has 2 saturated heterocycles. The van der Waals surface area contributed by atoms with Gasteiger partial charge in [0.1, 0.15) is 34.6 Å². The van der Waals surface area contributed by atoms with E-state index in [1.165, 1.54) is 11.0 Å². The van der Waals surface area contributed by atoms with Crippen molar-refractivity contribution in [2.24, 2.45) is 11.7 Å². The number of amides is 7. The smallest absolute Gasteiger partial charge is 0.262 e. The van der Waals surface area contributed by atoms with Crippen molar-refractivity contribution in [2.75, 3.05) is 38.5 Å². The van der Waals surface area contributed by atoms with Crippen LogP contribution in [-0.4, -0.2) is 105 Å². The van der Waals surface area contributed by atoms with Crippen LogP contribution in [0.15, 0.2) is 72.8 Å². The van der Waals surface area contributed by atoms with Crippen LogP contribution in [0.25, 0.3) is 11.3 Å². The standard InChI is InChI=1S/C44H46N8O8/c1-49(35(54)17-12-27-6-5-9-31-37(27)44(59)51(43(31)58)33-15-16-34(53)47-42(33)57)23-21-36(55)50-24-19-26(20-25-50)32-18-22-46-41-38(40(45)56)39(48-52(32)41)28-10-13-30(14-11-28)60-29-7-3-2-4-8-29/h2-11,13-14,26,32-33,46H,12,15-25H2,1H3,(H2,45,56)(H,47,53,57)/t32-,33?/m0/s1. The molecule has 4 aliphatic heterocycles. The van der Waals surface area contributed by atoms with Gasteiger partial charge in [-0.3, -0.25) is 43.8 Å². The summed E-state index contributed by atoms with van der Waals surface area (Å²) in [4.78, 5) is 94.4. The number of carbonyl (C=O) groups is 7. The van der Waals surface area contributed by atoms with Crippen LogP contribution < -0.4 is 21.1 Å². The van der Waals surface area contributed by atoms with E-state index < -0.39 is 35.6 Å². The van der Waals surface area contributed by atoms with Crippen LogP contribution in [0.2, 0.25) is 0 Å². The van der Waals surface area contributed by atoms with Crippen LogP contribution in [0.4, 0.5) is 5.82 Å². The highest BCUT2D eigenvalue weighted by Crippen LogP contribution is 2.40. The maximum Gasteiger partial charge on any atom is 0.262 e. The Bertz CT molecular complexity index is 2370. The van der Waals surface area contributed by atoms with Gasteiger partial charge < -0.3 is 25.6 Å². The first-order valence-electron chi connectivity index (χ1n) is 20.3. The number of primary amides is 1. The van der Waals surface area contributed by atoms with Crippen LogP contribution in [0.1, 0.15) is 87.6 Å². The van der Waals surface area contributed by atoms with Crippen molar-refractivity contribution in [3.8, 4) is 22.8 Å². The molecule has 0 bridgehead atoms. The molecule has 2 atom stereocenters. The monoisotopic (exact) mass is 814 g/mol. The second kappa shape index (κ2) is 16.8. The minimum atomic E-state index is -1.07. The molecule has 4 aromatic rings. The van der Waals surface area contributed by atoms with Gasteiger partial charge in [0.15, 0.2) is 0 Å². The average molecular weight is 815 g/mol. The van der Waals surface area contributed by atoms with E-state index in [0.29, 0.717) is 53.8 Å². The van der Waals surface area contributed by atoms with E-state index in [-0.39, 0.29) is 73.5 Å². The molecular formula is C44H46N8O8. The minimum Gasteiger partial charge on any atom is -0.457 e. The Morgan fingerprint density at radius 2 is 1.60 bits per heavy atom. The molecule has 0 spiro atoms. The summed E-state index contributed by atoms with van der Waals surface area (Å²) < 4.78 is 7.85. The third-order valence-corrected chi connectivity index (χ3v) is 12.0. The molecule has 1 aromatic heterocycles. The molecule has 1 unspecified atom stereocenters. The molecule has 16 nitrogen and oxygen atoms in total. The molecule has 310 valence electrons. The largest absolute Gasteiger partial charge is 0.457 e. The Hall–Kier alpha value is -6.84. The number of carbonyl (C=O) groups excluding carboxylic acids is 7. The Labute approximate surface area is 346 Å². The number of imide groups is 2. The second-order valence-electron chi connectivity index (χ2n) is 15.7. The summed E-state index contributed by atoms with van der Waals surface area (Å²) in [6.07, 6.45) is 2.76. The highest BCUT2D eigenvalue weighted by atomic mass is 16.5. The zero-order valence-corrected chi connectivity index (χ0v) is 33.2. The Balaban J connectivity index is 0.840. The molecule has 7 amide bonds. The second-order valence-corrected chi connectivity index (χ2v) is 15.7. The molecule has 8 rings (SSSR count). The van der Waals surface area contributed by atoms with E-state index in [1.54, 1.807) is 19.2 Å². The third-order valence-electron chi connectivity index (χ3n) is 12.0. The predicted molar refractivity (Wildman–Crippen MR) is 218 cm³/mol. The van der Waals surface area contributed by atoms with Crippen LogP contribution >= 0.6 is 0 Å². The van der Waals surface area contributed by atoms with E-state index in [4.69, 9.17) is 15.6 Å². The zero-order valence-electron chi connectivity index (χ0n) is 33.2. The van der Waals surface area contributed by atoms with Crippen LogP contribution in [0, 0.1) is 5.92 Å². The van der Waals surface area contributed by atoms with E-state index in [2.05, 4.69) is 10.6 Å². The Morgan fingerprint density at radius 3 is 2.32 bits per heavy atom. The molecule has 3 aromatic carbocycles. The lowest BCUT2D eigenvalue weighted by molar-refractivity contribution is -0.137. The number of nitrogens with one attached hydrogen (secondary N) is 2. The van der Waals surface area contributed by atoms with E-state index >= 15 is 0 Å². The van der Waals surface area contributed by atoms with Crippen molar-refractivity contribution in [1.82, 2.24) is 29.8 Å². The molecular weight excluding hydrogens is 769 g/mol. The summed E-state index contributed by atoms with van der Waals surface area (Å²) in [5.41, 5.74) is 8.37. The number of aromatic nitrogens is 2. The molecule has 5 heterocycles. The number of para-hydroxylation sites is 1. The quantitative estimate of drug-likeness (QED) is 0.176. The number of aryl methyl sites for hydroxylation is 1. The summed E-state index contributed by atoms with van der Waals surface area (Å²) >= 11 is 0. The van der Waals surface area contributed by atoms with Gasteiger partial charge in [0, 0.05) is 58.1 Å². The number of piperidine rings is 2. The number of nitrogens with two attached hydrogens (primary N) is 1. The number of rotatable bonds is 12. The number of hydrogen-bond acceptors (Lipinski definition) is 10. The lowest BCUT2D eigenvalue weighted by Gasteiger charge is -2.38. The molecule has 4 aliphatic rings. The first kappa shape index (κ1) is 40.0. The van der Waals surface area contributed by atoms with Gasteiger partial charge in [-0.2, -0.15) is 5.10 Å². The lowest BCUT2D eigenvalue weighted by atomic mass is 9.86. The fourth-order valence-electron chi connectivity index (χ4n) is 8.79. The van der Waals surface area contributed by atoms with Crippen LogP contribution in [0.3, 0.4) is 0 Å². The fraction of sp³-hybridized carbons (Fsp3) is 0.364. The highest BCUT2D eigenvalue weighted by Gasteiger charge is 2.45. The average Bonchev–Trinajstić information content (AvgIpc) is 3.77. The summed E-state index contributed by atoms with van der Waals surface area (Å²) in [6, 6.07) is 20.6. The first-order chi connectivity index (χ1) is 29.0. The Morgan fingerprint density at radius 1 is 0.867 bits per heavy atom. The third kappa shape index (κ3) is 7.84. The van der Waals surface area contributed by atoms with Gasteiger partial charge >= 0.3 is 0 Å². The molecule has 0 radical (unpaired) electrons. The first-order valence-corrected chi connectivity index (χ1v) is 20.3.